The Kier molecular flexibility index (Phi) is 3.58. The predicted molar refractivity (Wildman–Crippen MR) is 69.0 cm³/mol. The zero-order valence-electron chi connectivity index (χ0n) is 11.7. The van der Waals surface area contributed by atoms with Gasteiger partial charge in [-0.15, -0.1) is 0 Å². The Morgan fingerprint density at radius 2 is 1.47 bits per heavy atom. The molecule has 1 atom stereocenters. The van der Waals surface area contributed by atoms with Crippen LogP contribution in [-0.4, -0.2) is 0 Å². The lowest BCUT2D eigenvalue weighted by Crippen LogP contribution is -2.38. The average molecular weight is 210 g/mol. The van der Waals surface area contributed by atoms with E-state index in [0.29, 0.717) is 16.2 Å². The van der Waals surface area contributed by atoms with Crippen molar-refractivity contribution in [2.75, 3.05) is 0 Å². The molecule has 0 aromatic heterocycles. The molecule has 1 aliphatic carbocycles. The SMILES string of the molecule is CC(C)(C)CC[C@]1(C)CCCCC1(C)C. The van der Waals surface area contributed by atoms with Crippen molar-refractivity contribution in [3.63, 3.8) is 0 Å². The van der Waals surface area contributed by atoms with E-state index in [1.54, 1.807) is 0 Å². The molecule has 0 bridgehead atoms. The van der Waals surface area contributed by atoms with Crippen LogP contribution in [0.15, 0.2) is 0 Å². The van der Waals surface area contributed by atoms with E-state index in [2.05, 4.69) is 41.5 Å². The summed E-state index contributed by atoms with van der Waals surface area (Å²) in [5.74, 6) is 0. The van der Waals surface area contributed by atoms with E-state index in [1.807, 2.05) is 0 Å². The maximum Gasteiger partial charge on any atom is -0.0274 e. The molecule has 0 spiro atoms. The number of hydrogen-bond donors (Lipinski definition) is 0. The fourth-order valence-corrected chi connectivity index (χ4v) is 2.84. The topological polar surface area (TPSA) is 0 Å². The Morgan fingerprint density at radius 1 is 0.933 bits per heavy atom. The van der Waals surface area contributed by atoms with Crippen LogP contribution in [0.2, 0.25) is 0 Å². The summed E-state index contributed by atoms with van der Waals surface area (Å²) in [7, 11) is 0. The van der Waals surface area contributed by atoms with Crippen molar-refractivity contribution in [2.24, 2.45) is 16.2 Å². The van der Waals surface area contributed by atoms with Gasteiger partial charge >= 0.3 is 0 Å². The van der Waals surface area contributed by atoms with Gasteiger partial charge in [0.15, 0.2) is 0 Å². The number of hydrogen-bond acceptors (Lipinski definition) is 0. The molecule has 90 valence electrons. The third kappa shape index (κ3) is 3.23. The monoisotopic (exact) mass is 210 g/mol. The second kappa shape index (κ2) is 4.11. The van der Waals surface area contributed by atoms with E-state index in [0.717, 1.165) is 0 Å². The highest BCUT2D eigenvalue weighted by molar-refractivity contribution is 4.93. The maximum atomic E-state index is 2.53. The Balaban J connectivity index is 2.63. The van der Waals surface area contributed by atoms with Crippen LogP contribution in [0.4, 0.5) is 0 Å². The van der Waals surface area contributed by atoms with Crippen molar-refractivity contribution in [2.45, 2.75) is 80.1 Å². The van der Waals surface area contributed by atoms with Crippen LogP contribution in [0.25, 0.3) is 0 Å². The summed E-state index contributed by atoms with van der Waals surface area (Å²) in [5.41, 5.74) is 1.63. The summed E-state index contributed by atoms with van der Waals surface area (Å²) in [6.45, 7) is 14.6. The molecule has 0 aromatic rings. The molecular weight excluding hydrogens is 180 g/mol. The minimum atomic E-state index is 0.497. The Labute approximate surface area is 96.8 Å². The maximum absolute atomic E-state index is 2.53. The molecule has 0 aromatic carbocycles. The van der Waals surface area contributed by atoms with Gasteiger partial charge in [0.1, 0.15) is 0 Å². The van der Waals surface area contributed by atoms with Gasteiger partial charge in [-0.25, -0.2) is 0 Å². The highest BCUT2D eigenvalue weighted by Gasteiger charge is 2.42. The van der Waals surface area contributed by atoms with Gasteiger partial charge in [0.25, 0.3) is 0 Å². The molecule has 0 saturated heterocycles. The summed E-state index contributed by atoms with van der Waals surface area (Å²) in [5, 5.41) is 0. The average Bonchev–Trinajstić information content (AvgIpc) is 2.06. The molecule has 1 fully saturated rings. The summed E-state index contributed by atoms with van der Waals surface area (Å²) < 4.78 is 0. The second-order valence-electron chi connectivity index (χ2n) is 7.71. The quantitative estimate of drug-likeness (QED) is 0.571. The normalized spacial score (nSPS) is 31.6. The molecule has 1 saturated carbocycles. The van der Waals surface area contributed by atoms with Gasteiger partial charge in [0.05, 0.1) is 0 Å². The highest BCUT2D eigenvalue weighted by atomic mass is 14.5. The minimum Gasteiger partial charge on any atom is -0.0602 e. The van der Waals surface area contributed by atoms with Gasteiger partial charge in [-0.2, -0.15) is 0 Å². The first-order chi connectivity index (χ1) is 6.66. The molecule has 0 radical (unpaired) electrons. The number of rotatable bonds is 2. The van der Waals surface area contributed by atoms with Crippen LogP contribution < -0.4 is 0 Å². The van der Waals surface area contributed by atoms with Crippen molar-refractivity contribution in [3.8, 4) is 0 Å². The van der Waals surface area contributed by atoms with E-state index < -0.39 is 0 Å². The molecule has 1 rings (SSSR count). The third-order valence-electron chi connectivity index (χ3n) is 4.84. The van der Waals surface area contributed by atoms with Crippen LogP contribution in [0, 0.1) is 16.2 Å². The van der Waals surface area contributed by atoms with Crippen molar-refractivity contribution < 1.29 is 0 Å². The van der Waals surface area contributed by atoms with Crippen molar-refractivity contribution >= 4 is 0 Å². The summed E-state index contributed by atoms with van der Waals surface area (Å²) in [6, 6.07) is 0. The first-order valence-electron chi connectivity index (χ1n) is 6.66. The van der Waals surface area contributed by atoms with Gasteiger partial charge in [-0.05, 0) is 41.9 Å². The smallest absolute Gasteiger partial charge is 0.0274 e. The summed E-state index contributed by atoms with van der Waals surface area (Å²) in [6.07, 6.45) is 8.53. The Morgan fingerprint density at radius 3 is 1.93 bits per heavy atom. The molecule has 0 amide bonds. The molecule has 0 unspecified atom stereocenters. The Bertz CT molecular complexity index is 207. The van der Waals surface area contributed by atoms with Gasteiger partial charge < -0.3 is 0 Å². The molecule has 0 N–H and O–H groups in total. The van der Waals surface area contributed by atoms with Crippen LogP contribution in [-0.2, 0) is 0 Å². The molecular formula is C15H30. The van der Waals surface area contributed by atoms with Crippen LogP contribution in [0.3, 0.4) is 0 Å². The lowest BCUT2D eigenvalue weighted by molar-refractivity contribution is 0.0152. The summed E-state index contributed by atoms with van der Waals surface area (Å²) >= 11 is 0. The molecule has 1 aliphatic rings. The van der Waals surface area contributed by atoms with E-state index in [1.165, 1.54) is 38.5 Å². The van der Waals surface area contributed by atoms with Crippen LogP contribution in [0.1, 0.15) is 80.1 Å². The first-order valence-corrected chi connectivity index (χ1v) is 6.66. The molecule has 0 nitrogen and oxygen atoms in total. The second-order valence-corrected chi connectivity index (χ2v) is 7.71. The van der Waals surface area contributed by atoms with Crippen molar-refractivity contribution in [1.82, 2.24) is 0 Å². The Hall–Kier alpha value is 0. The van der Waals surface area contributed by atoms with E-state index >= 15 is 0 Å². The van der Waals surface area contributed by atoms with Crippen LogP contribution in [0.5, 0.6) is 0 Å². The van der Waals surface area contributed by atoms with Crippen molar-refractivity contribution in [3.05, 3.63) is 0 Å². The molecule has 0 heterocycles. The van der Waals surface area contributed by atoms with Crippen LogP contribution >= 0.6 is 0 Å². The fourth-order valence-electron chi connectivity index (χ4n) is 2.84. The lowest BCUT2D eigenvalue weighted by atomic mass is 9.56. The van der Waals surface area contributed by atoms with E-state index in [4.69, 9.17) is 0 Å². The third-order valence-corrected chi connectivity index (χ3v) is 4.84. The largest absolute Gasteiger partial charge is 0.0602 e. The molecule has 0 heteroatoms. The fraction of sp³-hybridized carbons (Fsp3) is 1.00. The standard InChI is InChI=1S/C15H30/c1-13(2,3)11-12-15(6)10-8-7-9-14(15,4)5/h7-12H2,1-6H3/t15-/m0/s1. The molecule has 0 aliphatic heterocycles. The van der Waals surface area contributed by atoms with Gasteiger partial charge in [-0.3, -0.25) is 0 Å². The minimum absolute atomic E-state index is 0.497. The van der Waals surface area contributed by atoms with Gasteiger partial charge in [-0.1, -0.05) is 54.4 Å². The summed E-state index contributed by atoms with van der Waals surface area (Å²) in [4.78, 5) is 0. The van der Waals surface area contributed by atoms with Crippen molar-refractivity contribution in [1.29, 1.82) is 0 Å². The predicted octanol–water partition coefficient (Wildman–Crippen LogP) is 5.42. The molecule has 15 heavy (non-hydrogen) atoms. The van der Waals surface area contributed by atoms with Gasteiger partial charge in [0.2, 0.25) is 0 Å². The van der Waals surface area contributed by atoms with Gasteiger partial charge in [0, 0.05) is 0 Å². The first kappa shape index (κ1) is 13.1. The van der Waals surface area contributed by atoms with E-state index in [-0.39, 0.29) is 0 Å². The lowest BCUT2D eigenvalue weighted by Gasteiger charge is -2.49. The zero-order chi connectivity index (χ0) is 11.7. The van der Waals surface area contributed by atoms with E-state index in [9.17, 15) is 0 Å². The zero-order valence-corrected chi connectivity index (χ0v) is 11.7. The highest BCUT2D eigenvalue weighted by Crippen LogP contribution is 2.53.